The Morgan fingerprint density at radius 2 is 0.583 bits per heavy atom. The van der Waals surface area contributed by atoms with Gasteiger partial charge in [-0.1, -0.05) is 292 Å². The molecular weight excluding hydrogens is 1260 g/mol. The smallest absolute Gasteiger partial charge is 0.462 e. The van der Waals surface area contributed by atoms with Crippen LogP contribution in [-0.4, -0.2) is 96.7 Å². The molecule has 0 aliphatic rings. The van der Waals surface area contributed by atoms with E-state index in [4.69, 9.17) is 37.0 Å². The monoisotopic (exact) mass is 1390 g/mol. The lowest BCUT2D eigenvalue weighted by molar-refractivity contribution is -0.161. The molecule has 0 rings (SSSR count). The predicted octanol–water partition coefficient (Wildman–Crippen LogP) is 21.2. The van der Waals surface area contributed by atoms with E-state index in [-0.39, 0.29) is 25.7 Å². The van der Waals surface area contributed by atoms with Gasteiger partial charge in [-0.25, -0.2) is 9.13 Å². The molecule has 0 aromatic carbocycles. The Labute approximate surface area is 582 Å². The van der Waals surface area contributed by atoms with Gasteiger partial charge in [0.25, 0.3) is 0 Å². The van der Waals surface area contributed by atoms with E-state index in [1.165, 1.54) is 103 Å². The number of allylic oxidation sites excluding steroid dienone is 15. The van der Waals surface area contributed by atoms with Crippen molar-refractivity contribution in [1.82, 2.24) is 0 Å². The number of ether oxygens (including phenoxy) is 4. The van der Waals surface area contributed by atoms with Crippen molar-refractivity contribution in [3.05, 3.63) is 97.2 Å². The summed E-state index contributed by atoms with van der Waals surface area (Å²) in [7, 11) is -9.97. The lowest BCUT2D eigenvalue weighted by Crippen LogP contribution is -2.30. The zero-order valence-electron chi connectivity index (χ0n) is 60.3. The minimum atomic E-state index is -5.00. The molecule has 0 amide bonds. The van der Waals surface area contributed by atoms with E-state index in [2.05, 4.69) is 101 Å². The molecule has 96 heavy (non-hydrogen) atoms. The summed E-state index contributed by atoms with van der Waals surface area (Å²) in [5.41, 5.74) is 0. The van der Waals surface area contributed by atoms with Crippen LogP contribution in [-0.2, 0) is 65.4 Å². The molecular formula is C77H134O17P2. The van der Waals surface area contributed by atoms with Gasteiger partial charge in [0.1, 0.15) is 19.3 Å². The first-order valence-electron chi connectivity index (χ1n) is 37.5. The fraction of sp³-hybridized carbons (Fsp3) is 0.740. The van der Waals surface area contributed by atoms with Gasteiger partial charge in [0.05, 0.1) is 32.8 Å². The number of rotatable bonds is 70. The van der Waals surface area contributed by atoms with Gasteiger partial charge in [-0.05, 0) is 89.9 Å². The van der Waals surface area contributed by atoms with Crippen LogP contribution in [0.5, 0.6) is 0 Å². The first kappa shape index (κ1) is 92.0. The van der Waals surface area contributed by atoms with Gasteiger partial charge in [0, 0.05) is 19.3 Å². The van der Waals surface area contributed by atoms with Crippen molar-refractivity contribution in [2.45, 2.75) is 329 Å². The number of phosphoric acid groups is 2. The SMILES string of the molecule is CC/C=C\C/C=C\C/C=C\C/C=C\C/C=C\CC(=O)OC(COC(=O)CCCCCCCC/C=C\C/C=C\C/C=C\CCCCC)COP(=O)(O)OCC(O)COP(=O)(O)OCC(COC(=O)CCCCCCCCCCCCC)OC(=O)CCCCCCCCCCCCC. The fourth-order valence-electron chi connectivity index (χ4n) is 9.89. The van der Waals surface area contributed by atoms with E-state index in [0.29, 0.717) is 25.7 Å². The normalized spacial score (nSPS) is 14.5. The number of carbonyl (C=O) groups excluding carboxylic acids is 4. The molecule has 5 unspecified atom stereocenters. The molecule has 5 atom stereocenters. The molecule has 0 saturated heterocycles. The molecule has 0 fully saturated rings. The summed E-state index contributed by atoms with van der Waals surface area (Å²) in [6.45, 7) is 4.60. The molecule has 0 spiro atoms. The number of carbonyl (C=O) groups is 4. The maximum atomic E-state index is 13.0. The summed E-state index contributed by atoms with van der Waals surface area (Å²) in [6.07, 6.45) is 71.6. The zero-order valence-corrected chi connectivity index (χ0v) is 62.1. The summed E-state index contributed by atoms with van der Waals surface area (Å²) >= 11 is 0. The second-order valence-electron chi connectivity index (χ2n) is 24.9. The maximum Gasteiger partial charge on any atom is 0.472 e. The van der Waals surface area contributed by atoms with Crippen molar-refractivity contribution in [3.63, 3.8) is 0 Å². The highest BCUT2D eigenvalue weighted by atomic mass is 31.2. The van der Waals surface area contributed by atoms with Crippen LogP contribution >= 0.6 is 15.6 Å². The van der Waals surface area contributed by atoms with Gasteiger partial charge in [-0.15, -0.1) is 0 Å². The summed E-state index contributed by atoms with van der Waals surface area (Å²) < 4.78 is 68.2. The van der Waals surface area contributed by atoms with Gasteiger partial charge in [-0.2, -0.15) is 0 Å². The number of aliphatic hydroxyl groups excluding tert-OH is 1. The number of hydrogen-bond acceptors (Lipinski definition) is 15. The predicted molar refractivity (Wildman–Crippen MR) is 390 cm³/mol. The largest absolute Gasteiger partial charge is 0.472 e. The number of hydrogen-bond donors (Lipinski definition) is 3. The third-order valence-corrected chi connectivity index (χ3v) is 17.5. The van der Waals surface area contributed by atoms with E-state index in [9.17, 15) is 43.2 Å². The molecule has 0 aromatic heterocycles. The Morgan fingerprint density at radius 3 is 0.948 bits per heavy atom. The maximum absolute atomic E-state index is 13.0. The standard InChI is InChI=1S/C77H134O17P2/c1-5-9-13-17-21-25-29-31-33-34-35-36-38-39-43-46-50-54-58-62-75(80)88-68-73(94-77(82)64-60-56-52-48-44-40-37-32-30-26-22-18-14-10-6-2)70-92-96(85,86)90-66-71(78)65-89-95(83,84)91-69-72(93-76(81)63-59-55-51-47-42-28-24-20-16-12-8-4)67-87-74(79)61-57-53-49-45-41-27-23-19-15-11-7-3/h10,14,21-22,25-26,31-33,35-37,44,48,56,60,71-73,78H,5-9,11-13,15-20,23-24,27-30,34,38-43,45-47,49-55,57-59,61-70H2,1-4H3,(H,83,84)(H,85,86)/b14-10-,25-21-,26-22-,33-31-,36-35-,37-32-,48-44-,60-56-. The topological polar surface area (TPSA) is 237 Å². The average molecular weight is 1390 g/mol. The van der Waals surface area contributed by atoms with Crippen molar-refractivity contribution >= 4 is 39.5 Å². The van der Waals surface area contributed by atoms with Crippen LogP contribution in [0.15, 0.2) is 97.2 Å². The van der Waals surface area contributed by atoms with E-state index >= 15 is 0 Å². The average Bonchev–Trinajstić information content (AvgIpc) is 1.16. The molecule has 0 radical (unpaired) electrons. The lowest BCUT2D eigenvalue weighted by Gasteiger charge is -2.21. The molecule has 3 N–H and O–H groups in total. The van der Waals surface area contributed by atoms with Gasteiger partial charge < -0.3 is 33.8 Å². The number of unbranched alkanes of at least 4 members (excludes halogenated alkanes) is 29. The van der Waals surface area contributed by atoms with Crippen LogP contribution < -0.4 is 0 Å². The highest BCUT2D eigenvalue weighted by Gasteiger charge is 2.30. The van der Waals surface area contributed by atoms with Crippen molar-refractivity contribution in [2.75, 3.05) is 39.6 Å². The summed E-state index contributed by atoms with van der Waals surface area (Å²) in [5, 5.41) is 10.6. The number of phosphoric ester groups is 2. The minimum Gasteiger partial charge on any atom is -0.462 e. The van der Waals surface area contributed by atoms with Crippen molar-refractivity contribution in [2.24, 2.45) is 0 Å². The lowest BCUT2D eigenvalue weighted by atomic mass is 10.1. The molecule has 0 aliphatic heterocycles. The second kappa shape index (κ2) is 69.5. The van der Waals surface area contributed by atoms with Crippen LogP contribution in [0, 0.1) is 0 Å². The van der Waals surface area contributed by atoms with Gasteiger partial charge in [-0.3, -0.25) is 37.3 Å². The number of esters is 4. The summed E-state index contributed by atoms with van der Waals surface area (Å²) in [5.74, 6) is -2.32. The first-order chi connectivity index (χ1) is 46.7. The van der Waals surface area contributed by atoms with Gasteiger partial charge >= 0.3 is 39.5 Å². The number of aliphatic hydroxyl groups is 1. The molecule has 0 aliphatic carbocycles. The van der Waals surface area contributed by atoms with Crippen molar-refractivity contribution in [1.29, 1.82) is 0 Å². The third kappa shape index (κ3) is 68.5. The molecule has 19 heteroatoms. The van der Waals surface area contributed by atoms with E-state index in [0.717, 1.165) is 128 Å². The third-order valence-electron chi connectivity index (χ3n) is 15.6. The molecule has 0 aromatic rings. The van der Waals surface area contributed by atoms with Crippen LogP contribution in [0.25, 0.3) is 0 Å². The highest BCUT2D eigenvalue weighted by Crippen LogP contribution is 2.45. The van der Waals surface area contributed by atoms with E-state index in [1.54, 1.807) is 12.2 Å². The molecule has 554 valence electrons. The highest BCUT2D eigenvalue weighted by molar-refractivity contribution is 7.47. The van der Waals surface area contributed by atoms with Crippen molar-refractivity contribution < 1.29 is 80.2 Å². The van der Waals surface area contributed by atoms with Crippen LogP contribution in [0.2, 0.25) is 0 Å². The van der Waals surface area contributed by atoms with Crippen LogP contribution in [0.3, 0.4) is 0 Å². The van der Waals surface area contributed by atoms with Gasteiger partial charge in [0.15, 0.2) is 12.2 Å². The van der Waals surface area contributed by atoms with Crippen LogP contribution in [0.4, 0.5) is 0 Å². The zero-order chi connectivity index (χ0) is 70.4. The quantitative estimate of drug-likeness (QED) is 0.0169. The molecule has 17 nitrogen and oxygen atoms in total. The van der Waals surface area contributed by atoms with E-state index in [1.807, 2.05) is 12.2 Å². The first-order valence-corrected chi connectivity index (χ1v) is 40.5. The van der Waals surface area contributed by atoms with E-state index < -0.39 is 97.5 Å². The van der Waals surface area contributed by atoms with Crippen molar-refractivity contribution in [3.8, 4) is 0 Å². The summed E-state index contributed by atoms with van der Waals surface area (Å²) in [6, 6.07) is 0. The van der Waals surface area contributed by atoms with Gasteiger partial charge in [0.2, 0.25) is 0 Å². The van der Waals surface area contributed by atoms with Crippen LogP contribution in [0.1, 0.15) is 310 Å². The Hall–Kier alpha value is -4.02. The Kier molecular flexibility index (Phi) is 66.6. The fourth-order valence-corrected chi connectivity index (χ4v) is 11.5. The Bertz CT molecular complexity index is 2200. The molecule has 0 bridgehead atoms. The summed E-state index contributed by atoms with van der Waals surface area (Å²) in [4.78, 5) is 72.6. The Balaban J connectivity index is 5.38. The molecule has 0 saturated carbocycles. The second-order valence-corrected chi connectivity index (χ2v) is 27.8. The Morgan fingerprint density at radius 1 is 0.312 bits per heavy atom. The molecule has 0 heterocycles. The minimum absolute atomic E-state index is 0.0970.